The summed E-state index contributed by atoms with van der Waals surface area (Å²) in [5.74, 6) is -1.46. The van der Waals surface area contributed by atoms with Crippen LogP contribution in [0.4, 0.5) is 4.79 Å². The van der Waals surface area contributed by atoms with E-state index in [-0.39, 0.29) is 23.9 Å². The number of pyridine rings is 1. The molecule has 3 unspecified atom stereocenters. The predicted octanol–water partition coefficient (Wildman–Crippen LogP) is 6.53. The molecule has 1 amide bonds. The van der Waals surface area contributed by atoms with E-state index < -0.39 is 29.7 Å². The zero-order valence-electron chi connectivity index (χ0n) is 21.7. The van der Waals surface area contributed by atoms with Gasteiger partial charge in [-0.05, 0) is 75.6 Å². The highest BCUT2D eigenvalue weighted by Gasteiger charge is 2.42. The lowest BCUT2D eigenvalue weighted by Gasteiger charge is -2.42. The van der Waals surface area contributed by atoms with E-state index in [2.05, 4.69) is 4.98 Å². The van der Waals surface area contributed by atoms with Gasteiger partial charge in [-0.25, -0.2) is 9.59 Å². The van der Waals surface area contributed by atoms with E-state index in [1.54, 1.807) is 47.5 Å². The molecule has 0 N–H and O–H groups in total. The largest absolute Gasteiger partial charge is 0.450 e. The van der Waals surface area contributed by atoms with Gasteiger partial charge in [0.15, 0.2) is 6.10 Å². The molecule has 1 fully saturated rings. The molecule has 2 aromatic carbocycles. The number of carbonyl (C=O) groups is 3. The van der Waals surface area contributed by atoms with Crippen molar-refractivity contribution >= 4 is 29.4 Å². The molecule has 198 valence electrons. The van der Waals surface area contributed by atoms with Gasteiger partial charge in [-0.1, -0.05) is 41.9 Å². The third-order valence-corrected chi connectivity index (χ3v) is 6.63. The van der Waals surface area contributed by atoms with Gasteiger partial charge < -0.3 is 14.4 Å². The fraction of sp³-hybridized carbons (Fsp3) is 0.333. The second-order valence-corrected chi connectivity index (χ2v) is 10.8. The van der Waals surface area contributed by atoms with Crippen LogP contribution in [0.25, 0.3) is 0 Å². The number of piperidine rings is 1. The van der Waals surface area contributed by atoms with Crippen LogP contribution in [0.15, 0.2) is 79.1 Å². The van der Waals surface area contributed by atoms with Crippen molar-refractivity contribution in [2.75, 3.05) is 6.54 Å². The molecule has 7 nitrogen and oxygen atoms in total. The van der Waals surface area contributed by atoms with Crippen molar-refractivity contribution < 1.29 is 23.9 Å². The Bertz CT molecular complexity index is 1260. The Labute approximate surface area is 227 Å². The van der Waals surface area contributed by atoms with Crippen molar-refractivity contribution in [3.8, 4) is 0 Å². The first-order valence-corrected chi connectivity index (χ1v) is 13.0. The first kappa shape index (κ1) is 27.3. The number of halogens is 1. The molecule has 0 radical (unpaired) electrons. The lowest BCUT2D eigenvalue weighted by Crippen LogP contribution is -2.49. The van der Waals surface area contributed by atoms with Crippen LogP contribution in [0.1, 0.15) is 65.9 Å². The molecule has 1 aromatic heterocycles. The molecule has 38 heavy (non-hydrogen) atoms. The Morgan fingerprint density at radius 2 is 1.66 bits per heavy atom. The number of esters is 1. The van der Waals surface area contributed by atoms with Crippen molar-refractivity contribution in [2.45, 2.75) is 51.4 Å². The molecule has 0 saturated carbocycles. The molecule has 4 rings (SSSR count). The molecule has 2 heterocycles. The lowest BCUT2D eigenvalue weighted by molar-refractivity contribution is -0.0203. The summed E-state index contributed by atoms with van der Waals surface area (Å²) >= 11 is 5.97. The van der Waals surface area contributed by atoms with Crippen molar-refractivity contribution in [3.63, 3.8) is 0 Å². The fourth-order valence-electron chi connectivity index (χ4n) is 4.60. The van der Waals surface area contributed by atoms with Crippen LogP contribution in [0, 0.1) is 5.92 Å². The summed E-state index contributed by atoms with van der Waals surface area (Å²) < 4.78 is 11.6. The Morgan fingerprint density at radius 3 is 2.29 bits per heavy atom. The van der Waals surface area contributed by atoms with E-state index in [4.69, 9.17) is 21.1 Å². The van der Waals surface area contributed by atoms with Gasteiger partial charge in [0, 0.05) is 35.4 Å². The summed E-state index contributed by atoms with van der Waals surface area (Å²) in [6, 6.07) is 19.1. The molecule has 1 aliphatic rings. The average molecular weight is 535 g/mol. The maximum absolute atomic E-state index is 13.6. The molecule has 0 bridgehead atoms. The van der Waals surface area contributed by atoms with Gasteiger partial charge >= 0.3 is 12.1 Å². The Hall–Kier alpha value is -3.71. The zero-order chi connectivity index (χ0) is 27.3. The minimum Gasteiger partial charge on any atom is -0.450 e. The first-order valence-electron chi connectivity index (χ1n) is 12.6. The SMILES string of the molecule is CC(C)(C)OC(=O)N1CC(C(OC(=O)c2ccc(Cl)cc2)C(=O)c2cccnc2)CCC1c1ccccc1. The summed E-state index contributed by atoms with van der Waals surface area (Å²) in [4.78, 5) is 45.8. The van der Waals surface area contributed by atoms with E-state index in [0.717, 1.165) is 5.56 Å². The van der Waals surface area contributed by atoms with Crippen LogP contribution in [-0.2, 0) is 9.47 Å². The second kappa shape index (κ2) is 11.8. The van der Waals surface area contributed by atoms with Gasteiger partial charge in [0.2, 0.25) is 5.78 Å². The van der Waals surface area contributed by atoms with Gasteiger partial charge in [-0.15, -0.1) is 0 Å². The quantitative estimate of drug-likeness (QED) is 0.264. The molecule has 1 saturated heterocycles. The van der Waals surface area contributed by atoms with Gasteiger partial charge in [0.1, 0.15) is 5.60 Å². The zero-order valence-corrected chi connectivity index (χ0v) is 22.4. The van der Waals surface area contributed by atoms with E-state index in [1.807, 2.05) is 51.1 Å². The van der Waals surface area contributed by atoms with Gasteiger partial charge in [-0.3, -0.25) is 9.78 Å². The molecular formula is C30H31ClN2O5. The highest BCUT2D eigenvalue weighted by molar-refractivity contribution is 6.30. The number of rotatable bonds is 6. The van der Waals surface area contributed by atoms with Gasteiger partial charge in [-0.2, -0.15) is 0 Å². The molecule has 1 aliphatic heterocycles. The minimum atomic E-state index is -1.12. The number of likely N-dealkylation sites (tertiary alicyclic amines) is 1. The number of nitrogens with zero attached hydrogens (tertiary/aromatic N) is 2. The summed E-state index contributed by atoms with van der Waals surface area (Å²) in [5, 5.41) is 0.483. The third-order valence-electron chi connectivity index (χ3n) is 6.38. The number of aromatic nitrogens is 1. The number of hydrogen-bond donors (Lipinski definition) is 0. The fourth-order valence-corrected chi connectivity index (χ4v) is 4.72. The Balaban J connectivity index is 1.65. The highest BCUT2D eigenvalue weighted by Crippen LogP contribution is 2.37. The Kier molecular flexibility index (Phi) is 8.47. The molecule has 3 atom stereocenters. The maximum atomic E-state index is 13.6. The molecule has 0 aliphatic carbocycles. The molecule has 0 spiro atoms. The normalized spacial score (nSPS) is 18.4. The topological polar surface area (TPSA) is 85.8 Å². The number of ketones is 1. The predicted molar refractivity (Wildman–Crippen MR) is 144 cm³/mol. The number of amides is 1. The smallest absolute Gasteiger partial charge is 0.410 e. The number of Topliss-reactive ketones (excluding diaryl/α,β-unsaturated/α-hetero) is 1. The first-order chi connectivity index (χ1) is 18.1. The molecular weight excluding hydrogens is 504 g/mol. The maximum Gasteiger partial charge on any atom is 0.410 e. The summed E-state index contributed by atoms with van der Waals surface area (Å²) in [5.41, 5.74) is 0.887. The van der Waals surface area contributed by atoms with E-state index >= 15 is 0 Å². The van der Waals surface area contributed by atoms with Crippen molar-refractivity contribution in [3.05, 3.63) is 101 Å². The van der Waals surface area contributed by atoms with Crippen LogP contribution < -0.4 is 0 Å². The highest BCUT2D eigenvalue weighted by atomic mass is 35.5. The van der Waals surface area contributed by atoms with E-state index in [9.17, 15) is 14.4 Å². The lowest BCUT2D eigenvalue weighted by atomic mass is 9.83. The van der Waals surface area contributed by atoms with Crippen molar-refractivity contribution in [2.24, 2.45) is 5.92 Å². The summed E-state index contributed by atoms with van der Waals surface area (Å²) in [6.45, 7) is 5.62. The van der Waals surface area contributed by atoms with E-state index in [1.165, 1.54) is 6.20 Å². The monoisotopic (exact) mass is 534 g/mol. The van der Waals surface area contributed by atoms with Crippen LogP contribution in [0.2, 0.25) is 5.02 Å². The van der Waals surface area contributed by atoms with Crippen LogP contribution in [-0.4, -0.2) is 46.0 Å². The van der Waals surface area contributed by atoms with Gasteiger partial charge in [0.25, 0.3) is 0 Å². The molecule has 3 aromatic rings. The number of carbonyl (C=O) groups excluding carboxylic acids is 3. The number of hydrogen-bond acceptors (Lipinski definition) is 6. The minimum absolute atomic E-state index is 0.180. The van der Waals surface area contributed by atoms with E-state index in [0.29, 0.717) is 23.4 Å². The third kappa shape index (κ3) is 6.78. The number of ether oxygens (including phenoxy) is 2. The average Bonchev–Trinajstić information content (AvgIpc) is 2.91. The van der Waals surface area contributed by atoms with Gasteiger partial charge in [0.05, 0.1) is 11.6 Å². The van der Waals surface area contributed by atoms with Crippen molar-refractivity contribution in [1.82, 2.24) is 9.88 Å². The Morgan fingerprint density at radius 1 is 0.947 bits per heavy atom. The van der Waals surface area contributed by atoms with Crippen LogP contribution >= 0.6 is 11.6 Å². The van der Waals surface area contributed by atoms with Crippen LogP contribution in [0.5, 0.6) is 0 Å². The molecule has 8 heteroatoms. The summed E-state index contributed by atoms with van der Waals surface area (Å²) in [7, 11) is 0. The standard InChI is InChI=1S/C30H31ClN2O5/c1-30(2,3)38-29(36)33-19-23(13-16-25(33)20-8-5-4-6-9-20)27(26(34)22-10-7-17-32-18-22)37-28(35)21-11-14-24(31)15-12-21/h4-12,14-15,17-18,23,25,27H,13,16,19H2,1-3H3. The van der Waals surface area contributed by atoms with Crippen molar-refractivity contribution in [1.29, 1.82) is 0 Å². The van der Waals surface area contributed by atoms with Crippen LogP contribution in [0.3, 0.4) is 0 Å². The second-order valence-electron chi connectivity index (χ2n) is 10.3. The summed E-state index contributed by atoms with van der Waals surface area (Å²) in [6.07, 6.45) is 2.55. The number of benzene rings is 2.